The van der Waals surface area contributed by atoms with Crippen molar-refractivity contribution in [1.29, 1.82) is 0 Å². The number of fused-ring (bicyclic) bond motifs is 10. The minimum atomic E-state index is 1.12. The van der Waals surface area contributed by atoms with Crippen LogP contribution in [-0.4, -0.2) is 9.13 Å². The molecule has 286 valence electrons. The van der Waals surface area contributed by atoms with Crippen molar-refractivity contribution in [1.82, 2.24) is 9.13 Å². The molecule has 0 saturated carbocycles. The van der Waals surface area contributed by atoms with Gasteiger partial charge in [-0.05, 0) is 117 Å². The third-order valence-electron chi connectivity index (χ3n) is 13.0. The van der Waals surface area contributed by atoms with E-state index in [1.165, 1.54) is 108 Å². The first-order valence-corrected chi connectivity index (χ1v) is 22.0. The normalized spacial score (nSPS) is 12.7. The first-order valence-electron chi connectivity index (χ1n) is 21.2. The summed E-state index contributed by atoms with van der Waals surface area (Å²) in [4.78, 5) is 1.41. The average Bonchev–Trinajstić information content (AvgIpc) is 3.99. The zero-order valence-corrected chi connectivity index (χ0v) is 34.2. The van der Waals surface area contributed by atoms with Gasteiger partial charge in [0.1, 0.15) is 0 Å². The molecule has 0 spiro atoms. The summed E-state index contributed by atoms with van der Waals surface area (Å²) in [5.74, 6) is 0. The molecule has 0 amide bonds. The largest absolute Gasteiger partial charge is 0.309 e. The minimum Gasteiger partial charge on any atom is -0.309 e. The highest BCUT2D eigenvalue weighted by Gasteiger charge is 2.20. The van der Waals surface area contributed by atoms with Gasteiger partial charge in [0.25, 0.3) is 0 Å². The van der Waals surface area contributed by atoms with Crippen LogP contribution in [-0.2, 0) is 6.42 Å². The quantitative estimate of drug-likeness (QED) is 0.164. The Morgan fingerprint density at radius 2 is 1.00 bits per heavy atom. The third-order valence-corrected chi connectivity index (χ3v) is 14.2. The number of benzene rings is 9. The van der Waals surface area contributed by atoms with Crippen LogP contribution in [0.1, 0.15) is 16.9 Å². The number of hydrogen-bond donors (Lipinski definition) is 0. The summed E-state index contributed by atoms with van der Waals surface area (Å²) in [5, 5.41) is 8.90. The monoisotopic (exact) mass is 794 g/mol. The van der Waals surface area contributed by atoms with Crippen molar-refractivity contribution in [3.63, 3.8) is 0 Å². The summed E-state index contributed by atoms with van der Waals surface area (Å²) in [7, 11) is 0. The van der Waals surface area contributed by atoms with E-state index in [-0.39, 0.29) is 0 Å². The molecule has 1 aliphatic carbocycles. The van der Waals surface area contributed by atoms with Gasteiger partial charge < -0.3 is 9.13 Å². The Balaban J connectivity index is 0.970. The Kier molecular flexibility index (Phi) is 7.64. The van der Waals surface area contributed by atoms with Gasteiger partial charge in [0, 0.05) is 48.1 Å². The molecule has 3 heteroatoms. The Hall–Kier alpha value is -7.46. The topological polar surface area (TPSA) is 9.86 Å². The van der Waals surface area contributed by atoms with Crippen LogP contribution in [0.2, 0.25) is 0 Å². The van der Waals surface area contributed by atoms with E-state index in [9.17, 15) is 0 Å². The van der Waals surface area contributed by atoms with Crippen molar-refractivity contribution in [2.24, 2.45) is 0 Å². The molecule has 12 aromatic rings. The van der Waals surface area contributed by atoms with Gasteiger partial charge in [0.2, 0.25) is 0 Å². The molecule has 3 heterocycles. The number of aromatic nitrogens is 2. The summed E-state index contributed by atoms with van der Waals surface area (Å²) in [6.07, 6.45) is 6.88. The number of para-hydroxylation sites is 3. The second-order valence-electron chi connectivity index (χ2n) is 16.3. The molecule has 0 atom stereocenters. The predicted octanol–water partition coefficient (Wildman–Crippen LogP) is 16.2. The maximum atomic E-state index is 2.49. The molecule has 0 unspecified atom stereocenters. The van der Waals surface area contributed by atoms with Crippen molar-refractivity contribution < 1.29 is 0 Å². The predicted molar refractivity (Wildman–Crippen MR) is 262 cm³/mol. The molecule has 0 fully saturated rings. The van der Waals surface area contributed by atoms with Crippen molar-refractivity contribution in [3.05, 3.63) is 211 Å². The van der Waals surface area contributed by atoms with Crippen LogP contribution >= 0.6 is 11.3 Å². The number of allylic oxidation sites excluding steroid dienone is 1. The Morgan fingerprint density at radius 1 is 0.393 bits per heavy atom. The molecule has 0 radical (unpaired) electrons. The van der Waals surface area contributed by atoms with E-state index in [0.717, 1.165) is 24.2 Å². The van der Waals surface area contributed by atoms with E-state index in [1.54, 1.807) is 0 Å². The SMILES string of the molecule is C1=Cc2sc3c(-c4cccc(-c5cccc(-n6c7ccccc7c7cc(-n8c9ccccc9c9cccc(-c%10cccc%11ccccc%10%11)c98)ccc76)c5)c4)cccc3c2CC1. The lowest BCUT2D eigenvalue weighted by molar-refractivity contribution is 1.01. The number of rotatable bonds is 5. The molecule has 0 N–H and O–H groups in total. The van der Waals surface area contributed by atoms with Crippen LogP contribution in [0.25, 0.3) is 115 Å². The van der Waals surface area contributed by atoms with Gasteiger partial charge in [0.05, 0.1) is 22.1 Å². The average molecular weight is 795 g/mol. The number of nitrogens with zero attached hydrogens (tertiary/aromatic N) is 2. The second kappa shape index (κ2) is 13.5. The fourth-order valence-electron chi connectivity index (χ4n) is 10.3. The van der Waals surface area contributed by atoms with Crippen LogP contribution in [0.5, 0.6) is 0 Å². The molecule has 13 rings (SSSR count). The molecule has 0 bridgehead atoms. The van der Waals surface area contributed by atoms with E-state index < -0.39 is 0 Å². The van der Waals surface area contributed by atoms with E-state index in [0.29, 0.717) is 0 Å². The lowest BCUT2D eigenvalue weighted by Crippen LogP contribution is -1.97. The van der Waals surface area contributed by atoms with E-state index in [4.69, 9.17) is 0 Å². The van der Waals surface area contributed by atoms with Crippen molar-refractivity contribution in [2.45, 2.75) is 12.8 Å². The summed E-state index contributed by atoms with van der Waals surface area (Å²) < 4.78 is 6.32. The summed E-state index contributed by atoms with van der Waals surface area (Å²) in [6, 6.07) is 72.0. The van der Waals surface area contributed by atoms with Crippen LogP contribution in [0.3, 0.4) is 0 Å². The van der Waals surface area contributed by atoms with Gasteiger partial charge in [-0.3, -0.25) is 0 Å². The summed E-state index contributed by atoms with van der Waals surface area (Å²) in [5.41, 5.74) is 16.1. The first-order chi connectivity index (χ1) is 30.3. The maximum absolute atomic E-state index is 2.49. The summed E-state index contributed by atoms with van der Waals surface area (Å²) in [6.45, 7) is 0. The minimum absolute atomic E-state index is 1.12. The zero-order valence-electron chi connectivity index (χ0n) is 33.3. The molecule has 0 saturated heterocycles. The highest BCUT2D eigenvalue weighted by atomic mass is 32.1. The third kappa shape index (κ3) is 5.27. The highest BCUT2D eigenvalue weighted by molar-refractivity contribution is 7.20. The maximum Gasteiger partial charge on any atom is 0.0619 e. The Morgan fingerprint density at radius 3 is 1.89 bits per heavy atom. The summed E-state index contributed by atoms with van der Waals surface area (Å²) >= 11 is 1.93. The molecule has 0 aliphatic heterocycles. The van der Waals surface area contributed by atoms with E-state index >= 15 is 0 Å². The fourth-order valence-corrected chi connectivity index (χ4v) is 11.6. The standard InChI is InChI=1S/C58H38N2S/c1-2-20-43-37(14-1)15-11-25-45(43)49-26-13-27-50-46-21-3-7-30-54(46)60(57(49)50)42-32-33-55-52(36-42)47-22-4-6-29-53(47)59(55)41-19-10-17-39(35-41)38-16-9-18-40(34-38)44-24-12-28-51-48-23-5-8-31-56(48)61-58(44)51/h1-4,6-22,24-36H,5,23H2. The molecular formula is C58H38N2S. The fraction of sp³-hybridized carbons (Fsp3) is 0.0345. The van der Waals surface area contributed by atoms with Crippen LogP contribution in [0, 0.1) is 0 Å². The molecule has 61 heavy (non-hydrogen) atoms. The zero-order chi connectivity index (χ0) is 40.0. The van der Waals surface area contributed by atoms with Gasteiger partial charge in [0.15, 0.2) is 0 Å². The number of hydrogen-bond acceptors (Lipinski definition) is 1. The van der Waals surface area contributed by atoms with E-state index in [2.05, 4.69) is 215 Å². The van der Waals surface area contributed by atoms with Crippen LogP contribution in [0.4, 0.5) is 0 Å². The lowest BCUT2D eigenvalue weighted by Gasteiger charge is -2.14. The van der Waals surface area contributed by atoms with Crippen LogP contribution < -0.4 is 0 Å². The van der Waals surface area contributed by atoms with Crippen molar-refractivity contribution in [2.75, 3.05) is 0 Å². The molecule has 9 aromatic carbocycles. The Labute approximate surface area is 357 Å². The van der Waals surface area contributed by atoms with Gasteiger partial charge in [-0.1, -0.05) is 152 Å². The lowest BCUT2D eigenvalue weighted by atomic mass is 9.96. The first kappa shape index (κ1) is 34.4. The van der Waals surface area contributed by atoms with Crippen molar-refractivity contribution in [3.8, 4) is 44.8 Å². The molecule has 2 nitrogen and oxygen atoms in total. The van der Waals surface area contributed by atoms with Crippen molar-refractivity contribution >= 4 is 81.9 Å². The van der Waals surface area contributed by atoms with Crippen LogP contribution in [0.15, 0.2) is 200 Å². The smallest absolute Gasteiger partial charge is 0.0619 e. The molecule has 3 aromatic heterocycles. The molecular weight excluding hydrogens is 757 g/mol. The Bertz CT molecular complexity index is 3770. The van der Waals surface area contributed by atoms with Gasteiger partial charge in [-0.2, -0.15) is 0 Å². The van der Waals surface area contributed by atoms with Gasteiger partial charge >= 0.3 is 0 Å². The number of aryl methyl sites for hydroxylation is 1. The van der Waals surface area contributed by atoms with E-state index in [1.807, 2.05) is 11.3 Å². The van der Waals surface area contributed by atoms with Gasteiger partial charge in [-0.25, -0.2) is 0 Å². The highest BCUT2D eigenvalue weighted by Crippen LogP contribution is 2.44. The molecule has 1 aliphatic rings. The second-order valence-corrected chi connectivity index (χ2v) is 17.4. The number of thiophene rings is 1. The van der Waals surface area contributed by atoms with Gasteiger partial charge in [-0.15, -0.1) is 11.3 Å².